The third kappa shape index (κ3) is 11.7. The summed E-state index contributed by atoms with van der Waals surface area (Å²) in [5.41, 5.74) is 12.6. The van der Waals surface area contributed by atoms with Crippen LogP contribution in [0.1, 0.15) is 89.3 Å². The topological polar surface area (TPSA) is 35.6 Å². The van der Waals surface area contributed by atoms with E-state index in [0.29, 0.717) is 0 Å². The Balaban J connectivity index is 0.000000306. The van der Waals surface area contributed by atoms with E-state index in [1.54, 1.807) is 0 Å². The fourth-order valence-corrected chi connectivity index (χ4v) is 5.72. The summed E-state index contributed by atoms with van der Waals surface area (Å²) in [6.45, 7) is 26.1. The van der Waals surface area contributed by atoms with Crippen LogP contribution in [-0.2, 0) is 13.1 Å². The smallest absolute Gasteiger partial charge is 0.107 e. The van der Waals surface area contributed by atoms with Gasteiger partial charge in [-0.2, -0.15) is 0 Å². The maximum absolute atomic E-state index is 4.65. The number of aromatic nitrogens is 4. The van der Waals surface area contributed by atoms with Crippen LogP contribution < -0.4 is 0 Å². The van der Waals surface area contributed by atoms with Gasteiger partial charge in [-0.15, -0.1) is 0 Å². The molecular formula is C48H62N4. The first kappa shape index (κ1) is 42.9. The molecule has 5 aromatic carbocycles. The lowest BCUT2D eigenvalue weighted by Crippen LogP contribution is -2.01. The third-order valence-corrected chi connectivity index (χ3v) is 8.28. The van der Waals surface area contributed by atoms with Crippen molar-refractivity contribution < 1.29 is 0 Å². The lowest BCUT2D eigenvalue weighted by Gasteiger charge is -2.09. The second kappa shape index (κ2) is 23.3. The van der Waals surface area contributed by atoms with Gasteiger partial charge >= 0.3 is 0 Å². The van der Waals surface area contributed by atoms with Crippen LogP contribution in [0.25, 0.3) is 33.3 Å². The zero-order valence-electron chi connectivity index (χ0n) is 33.9. The van der Waals surface area contributed by atoms with Crippen molar-refractivity contribution in [2.45, 2.75) is 96.2 Å². The van der Waals surface area contributed by atoms with E-state index in [9.17, 15) is 0 Å². The van der Waals surface area contributed by atoms with E-state index >= 15 is 0 Å². The van der Waals surface area contributed by atoms with Gasteiger partial charge in [0.1, 0.15) is 11.6 Å². The molecule has 7 rings (SSSR count). The van der Waals surface area contributed by atoms with E-state index in [0.717, 1.165) is 30.3 Å². The van der Waals surface area contributed by atoms with Gasteiger partial charge < -0.3 is 9.13 Å². The van der Waals surface area contributed by atoms with Gasteiger partial charge in [-0.1, -0.05) is 165 Å². The number of nitrogens with zero attached hydrogens (tertiary/aromatic N) is 4. The highest BCUT2D eigenvalue weighted by molar-refractivity contribution is 5.76. The molecule has 0 fully saturated rings. The summed E-state index contributed by atoms with van der Waals surface area (Å²) in [6, 6.07) is 43.0. The Morgan fingerprint density at radius 2 is 0.904 bits per heavy atom. The SMILES string of the molecule is CC.CC.CC.CC.Cc1ccccc1-c1ccc(Cn2c(C)nc3ccccc32)cc1.Cc1ccccc1-c1ccc(Cn2ccnc2C)cc1. The van der Waals surface area contributed by atoms with Crippen LogP contribution in [0, 0.1) is 27.7 Å². The number of hydrogen-bond acceptors (Lipinski definition) is 2. The molecule has 0 radical (unpaired) electrons. The van der Waals surface area contributed by atoms with Gasteiger partial charge in [0.2, 0.25) is 0 Å². The van der Waals surface area contributed by atoms with E-state index in [1.807, 2.05) is 80.8 Å². The monoisotopic (exact) mass is 694 g/mol. The molecule has 0 amide bonds. The highest BCUT2D eigenvalue weighted by Crippen LogP contribution is 2.25. The summed E-state index contributed by atoms with van der Waals surface area (Å²) in [5.74, 6) is 2.10. The van der Waals surface area contributed by atoms with Crippen LogP contribution in [0.15, 0.2) is 134 Å². The van der Waals surface area contributed by atoms with Crippen molar-refractivity contribution in [1.82, 2.24) is 19.1 Å². The van der Waals surface area contributed by atoms with Crippen LogP contribution >= 0.6 is 0 Å². The van der Waals surface area contributed by atoms with Gasteiger partial charge in [0.15, 0.2) is 0 Å². The molecule has 0 saturated heterocycles. The predicted molar refractivity (Wildman–Crippen MR) is 228 cm³/mol. The molecule has 0 atom stereocenters. The summed E-state index contributed by atoms with van der Waals surface area (Å²) >= 11 is 0. The quantitative estimate of drug-likeness (QED) is 0.174. The van der Waals surface area contributed by atoms with Crippen molar-refractivity contribution >= 4 is 11.0 Å². The minimum atomic E-state index is 0.848. The fourth-order valence-electron chi connectivity index (χ4n) is 5.72. The molecule has 0 saturated carbocycles. The maximum atomic E-state index is 4.65. The van der Waals surface area contributed by atoms with Crippen LogP contribution in [-0.4, -0.2) is 19.1 Å². The van der Waals surface area contributed by atoms with E-state index in [1.165, 1.54) is 50.0 Å². The van der Waals surface area contributed by atoms with E-state index < -0.39 is 0 Å². The Morgan fingerprint density at radius 1 is 0.462 bits per heavy atom. The number of hydrogen-bond donors (Lipinski definition) is 0. The van der Waals surface area contributed by atoms with Gasteiger partial charge in [-0.3, -0.25) is 0 Å². The van der Waals surface area contributed by atoms with Gasteiger partial charge in [0.25, 0.3) is 0 Å². The summed E-state index contributed by atoms with van der Waals surface area (Å²) in [4.78, 5) is 8.90. The highest BCUT2D eigenvalue weighted by Gasteiger charge is 2.08. The molecule has 7 aromatic rings. The molecule has 4 nitrogen and oxygen atoms in total. The third-order valence-electron chi connectivity index (χ3n) is 8.28. The number of para-hydroxylation sites is 2. The van der Waals surface area contributed by atoms with Crippen molar-refractivity contribution in [3.8, 4) is 22.3 Å². The Hall–Kier alpha value is -5.22. The molecule has 0 spiro atoms. The molecule has 274 valence electrons. The summed E-state index contributed by atoms with van der Waals surface area (Å²) < 4.78 is 4.43. The molecular weight excluding hydrogens is 633 g/mol. The highest BCUT2D eigenvalue weighted by atomic mass is 15.1. The number of aryl methyl sites for hydroxylation is 4. The van der Waals surface area contributed by atoms with Crippen LogP contribution in [0.5, 0.6) is 0 Å². The number of rotatable bonds is 6. The normalized spacial score (nSPS) is 9.69. The average Bonchev–Trinajstić information content (AvgIpc) is 3.76. The average molecular weight is 695 g/mol. The van der Waals surface area contributed by atoms with E-state index in [4.69, 9.17) is 0 Å². The first-order chi connectivity index (χ1) is 25.5. The molecule has 4 heteroatoms. The molecule has 2 heterocycles. The number of fused-ring (bicyclic) bond motifs is 1. The Kier molecular flexibility index (Phi) is 19.2. The lowest BCUT2D eigenvalue weighted by molar-refractivity contribution is 0.762. The molecule has 0 aliphatic heterocycles. The largest absolute Gasteiger partial charge is 0.331 e. The maximum Gasteiger partial charge on any atom is 0.107 e. The van der Waals surface area contributed by atoms with E-state index in [-0.39, 0.29) is 0 Å². The van der Waals surface area contributed by atoms with Gasteiger partial charge in [0.05, 0.1) is 11.0 Å². The molecule has 0 bridgehead atoms. The van der Waals surface area contributed by atoms with Crippen molar-refractivity contribution in [1.29, 1.82) is 0 Å². The standard InChI is InChI=1S/C22H20N2.C18H18N2.4C2H6/c1-16-7-3-4-8-20(16)19-13-11-18(12-14-19)15-24-17(2)23-21-9-5-6-10-22(21)24;1-14-5-3-4-6-18(14)17-9-7-16(8-10-17)13-20-12-11-19-15(20)2;4*1-2/h3-14H,15H2,1-2H3;3-12H,13H2,1-2H3;4*1-2H3. The second-order valence-electron chi connectivity index (χ2n) is 11.4. The van der Waals surface area contributed by atoms with Crippen molar-refractivity contribution in [2.24, 2.45) is 0 Å². The zero-order valence-corrected chi connectivity index (χ0v) is 33.9. The molecule has 0 aliphatic rings. The number of imidazole rings is 2. The van der Waals surface area contributed by atoms with E-state index in [2.05, 4.69) is 155 Å². The second-order valence-corrected chi connectivity index (χ2v) is 11.4. The first-order valence-electron chi connectivity index (χ1n) is 19.2. The van der Waals surface area contributed by atoms with Crippen LogP contribution in [0.4, 0.5) is 0 Å². The molecule has 0 unspecified atom stereocenters. The zero-order chi connectivity index (χ0) is 38.5. The van der Waals surface area contributed by atoms with Crippen LogP contribution in [0.2, 0.25) is 0 Å². The molecule has 2 aromatic heterocycles. The Labute approximate surface area is 315 Å². The van der Waals surface area contributed by atoms with Gasteiger partial charge in [-0.05, 0) is 84.3 Å². The Morgan fingerprint density at radius 3 is 1.37 bits per heavy atom. The van der Waals surface area contributed by atoms with Crippen molar-refractivity contribution in [2.75, 3.05) is 0 Å². The number of benzene rings is 5. The van der Waals surface area contributed by atoms with Crippen molar-refractivity contribution in [3.63, 3.8) is 0 Å². The predicted octanol–water partition coefficient (Wildman–Crippen LogP) is 13.7. The summed E-state index contributed by atoms with van der Waals surface area (Å²) in [6.07, 6.45) is 3.86. The molecule has 0 N–H and O–H groups in total. The molecule has 0 aliphatic carbocycles. The molecule has 52 heavy (non-hydrogen) atoms. The first-order valence-corrected chi connectivity index (χ1v) is 19.2. The lowest BCUT2D eigenvalue weighted by atomic mass is 9.99. The fraction of sp³-hybridized carbons (Fsp3) is 0.292. The van der Waals surface area contributed by atoms with Gasteiger partial charge in [-0.25, -0.2) is 9.97 Å². The van der Waals surface area contributed by atoms with Crippen LogP contribution in [0.3, 0.4) is 0 Å². The van der Waals surface area contributed by atoms with Gasteiger partial charge in [0, 0.05) is 25.5 Å². The van der Waals surface area contributed by atoms with Crippen molar-refractivity contribution in [3.05, 3.63) is 168 Å². The summed E-state index contributed by atoms with van der Waals surface area (Å²) in [7, 11) is 0. The Bertz CT molecular complexity index is 1990. The minimum Gasteiger partial charge on any atom is -0.331 e. The minimum absolute atomic E-state index is 0.848. The summed E-state index contributed by atoms with van der Waals surface area (Å²) in [5, 5.41) is 0.